The Morgan fingerprint density at radius 3 is 1.39 bits per heavy atom. The first-order valence-electron chi connectivity index (χ1n) is 8.18. The Morgan fingerprint density at radius 2 is 1.03 bits per heavy atom. The summed E-state index contributed by atoms with van der Waals surface area (Å²) in [6.45, 7) is 1.64. The van der Waals surface area contributed by atoms with Crippen LogP contribution in [-0.4, -0.2) is 21.9 Å². The summed E-state index contributed by atoms with van der Waals surface area (Å²) in [7, 11) is 0. The summed E-state index contributed by atoms with van der Waals surface area (Å²) in [6.07, 6.45) is -7.95. The van der Waals surface area contributed by atoms with E-state index in [0.717, 1.165) is 24.3 Å². The van der Waals surface area contributed by atoms with E-state index in [4.69, 9.17) is 0 Å². The SMILES string of the molecule is CC(=Cc1ccc(OC(F)(F)C(F)(F)Br)cc1)c1ccc(OC(F)(F)C(F)(F)Br)cc1. The average molecular weight is 584 g/mol. The molecule has 0 spiro atoms. The molecule has 2 aromatic carbocycles. The minimum atomic E-state index is -4.77. The van der Waals surface area contributed by atoms with Crippen LogP contribution in [0.2, 0.25) is 0 Å². The minimum Gasteiger partial charge on any atom is -0.427 e. The Labute approximate surface area is 188 Å². The van der Waals surface area contributed by atoms with E-state index in [1.807, 2.05) is 0 Å². The second-order valence-electron chi connectivity index (χ2n) is 6.15. The molecule has 2 nitrogen and oxygen atoms in total. The molecule has 0 unspecified atom stereocenters. The van der Waals surface area contributed by atoms with Crippen LogP contribution in [0.5, 0.6) is 11.5 Å². The highest BCUT2D eigenvalue weighted by Gasteiger charge is 2.58. The number of hydrogen-bond acceptors (Lipinski definition) is 2. The van der Waals surface area contributed by atoms with E-state index in [-0.39, 0.29) is 0 Å². The molecule has 0 N–H and O–H groups in total. The first-order valence-corrected chi connectivity index (χ1v) is 9.76. The molecule has 2 rings (SSSR count). The maximum atomic E-state index is 13.2. The molecule has 31 heavy (non-hydrogen) atoms. The van der Waals surface area contributed by atoms with E-state index in [1.54, 1.807) is 44.9 Å². The van der Waals surface area contributed by atoms with Crippen LogP contribution in [0.3, 0.4) is 0 Å². The standard InChI is InChI=1S/C19H12Br2F8O2/c1-11(13-4-8-15(9-5-13)31-19(28,29)17(21,24)25)10-12-2-6-14(7-3-12)30-18(26,27)16(20,22)23/h2-10H,1H3. The van der Waals surface area contributed by atoms with Gasteiger partial charge in [-0.15, -0.1) is 0 Å². The highest BCUT2D eigenvalue weighted by molar-refractivity contribution is 9.10. The monoisotopic (exact) mass is 582 g/mol. The van der Waals surface area contributed by atoms with E-state index >= 15 is 0 Å². The van der Waals surface area contributed by atoms with Gasteiger partial charge in [0, 0.05) is 31.9 Å². The molecule has 12 heteroatoms. The van der Waals surface area contributed by atoms with Crippen molar-refractivity contribution < 1.29 is 44.6 Å². The fourth-order valence-electron chi connectivity index (χ4n) is 2.16. The molecule has 0 aliphatic heterocycles. The van der Waals surface area contributed by atoms with Gasteiger partial charge < -0.3 is 9.47 Å². The third-order valence-electron chi connectivity index (χ3n) is 3.73. The van der Waals surface area contributed by atoms with Crippen LogP contribution in [0, 0.1) is 0 Å². The number of benzene rings is 2. The lowest BCUT2D eigenvalue weighted by atomic mass is 10.0. The van der Waals surface area contributed by atoms with E-state index < -0.39 is 33.4 Å². The van der Waals surface area contributed by atoms with Crippen molar-refractivity contribution in [2.24, 2.45) is 0 Å². The Kier molecular flexibility index (Phi) is 7.36. The highest BCUT2D eigenvalue weighted by Crippen LogP contribution is 2.42. The van der Waals surface area contributed by atoms with Crippen molar-refractivity contribution >= 4 is 43.5 Å². The molecule has 0 aromatic heterocycles. The molecule has 0 saturated carbocycles. The summed E-state index contributed by atoms with van der Waals surface area (Å²) < 4.78 is 112. The Balaban J connectivity index is 2.11. The van der Waals surface area contributed by atoms with Gasteiger partial charge in [-0.1, -0.05) is 30.3 Å². The van der Waals surface area contributed by atoms with Gasteiger partial charge in [0.2, 0.25) is 0 Å². The van der Waals surface area contributed by atoms with Gasteiger partial charge in [-0.05, 0) is 47.9 Å². The van der Waals surface area contributed by atoms with Crippen LogP contribution in [0.25, 0.3) is 11.6 Å². The zero-order chi connectivity index (χ0) is 23.7. The Morgan fingerprint density at radius 1 is 0.677 bits per heavy atom. The molecule has 0 saturated heterocycles. The van der Waals surface area contributed by atoms with Crippen molar-refractivity contribution in [2.75, 3.05) is 0 Å². The number of allylic oxidation sites excluding steroid dienone is 1. The summed E-state index contributed by atoms with van der Waals surface area (Å²) >= 11 is 3.11. The quantitative estimate of drug-likeness (QED) is 0.177. The molecule has 0 atom stereocenters. The zero-order valence-corrected chi connectivity index (χ0v) is 18.5. The van der Waals surface area contributed by atoms with Crippen LogP contribution in [0.15, 0.2) is 48.5 Å². The smallest absolute Gasteiger partial charge is 0.427 e. The van der Waals surface area contributed by atoms with Crippen molar-refractivity contribution in [3.05, 3.63) is 59.7 Å². The summed E-state index contributed by atoms with van der Waals surface area (Å²) in [5.74, 6) is -0.989. The lowest BCUT2D eigenvalue weighted by Gasteiger charge is -2.22. The van der Waals surface area contributed by atoms with Gasteiger partial charge in [-0.25, -0.2) is 0 Å². The molecular weight excluding hydrogens is 572 g/mol. The normalized spacial score (nSPS) is 13.8. The predicted molar refractivity (Wildman–Crippen MR) is 105 cm³/mol. The zero-order valence-electron chi connectivity index (χ0n) is 15.3. The topological polar surface area (TPSA) is 18.5 Å². The summed E-state index contributed by atoms with van der Waals surface area (Å²) in [6, 6.07) is 9.61. The first-order chi connectivity index (χ1) is 14.0. The molecule has 0 radical (unpaired) electrons. The van der Waals surface area contributed by atoms with Gasteiger partial charge in [0.1, 0.15) is 11.5 Å². The first kappa shape index (κ1) is 25.4. The number of halogens is 10. The number of ether oxygens (including phenoxy) is 2. The second-order valence-corrected chi connectivity index (χ2v) is 8.15. The van der Waals surface area contributed by atoms with E-state index in [9.17, 15) is 35.1 Å². The van der Waals surface area contributed by atoms with Crippen molar-refractivity contribution in [1.29, 1.82) is 0 Å². The van der Waals surface area contributed by atoms with Crippen molar-refractivity contribution in [2.45, 2.75) is 28.8 Å². The van der Waals surface area contributed by atoms with Crippen molar-refractivity contribution in [3.8, 4) is 11.5 Å². The van der Waals surface area contributed by atoms with E-state index in [0.29, 0.717) is 16.7 Å². The van der Waals surface area contributed by atoms with Gasteiger partial charge in [-0.2, -0.15) is 35.1 Å². The number of alkyl halides is 10. The lowest BCUT2D eigenvalue weighted by Crippen LogP contribution is -2.40. The van der Waals surface area contributed by atoms with E-state index in [2.05, 4.69) is 9.47 Å². The van der Waals surface area contributed by atoms with Crippen LogP contribution < -0.4 is 9.47 Å². The van der Waals surface area contributed by atoms with Crippen molar-refractivity contribution in [3.63, 3.8) is 0 Å². The second kappa shape index (κ2) is 8.97. The van der Waals surface area contributed by atoms with Gasteiger partial charge in [0.05, 0.1) is 0 Å². The summed E-state index contributed by atoms with van der Waals surface area (Å²) in [4.78, 5) is -9.11. The highest BCUT2D eigenvalue weighted by atomic mass is 79.9. The molecule has 170 valence electrons. The molecule has 0 bridgehead atoms. The van der Waals surface area contributed by atoms with Gasteiger partial charge in [-0.3, -0.25) is 0 Å². The van der Waals surface area contributed by atoms with Crippen molar-refractivity contribution in [1.82, 2.24) is 0 Å². The summed E-state index contributed by atoms with van der Waals surface area (Å²) in [5.41, 5.74) is 1.60. The lowest BCUT2D eigenvalue weighted by molar-refractivity contribution is -0.266. The average Bonchev–Trinajstić information content (AvgIpc) is 2.61. The minimum absolute atomic E-state index is 0.490. The molecule has 0 heterocycles. The van der Waals surface area contributed by atoms with Gasteiger partial charge in [0.25, 0.3) is 0 Å². The number of hydrogen-bond donors (Lipinski definition) is 0. The van der Waals surface area contributed by atoms with Crippen LogP contribution >= 0.6 is 31.9 Å². The third kappa shape index (κ3) is 6.58. The molecule has 0 aliphatic carbocycles. The summed E-state index contributed by atoms with van der Waals surface area (Å²) in [5, 5.41) is 0. The maximum Gasteiger partial charge on any atom is 0.475 e. The Bertz CT molecular complexity index is 918. The van der Waals surface area contributed by atoms with E-state index in [1.165, 1.54) is 24.3 Å². The maximum absolute atomic E-state index is 13.2. The van der Waals surface area contributed by atoms with Crippen LogP contribution in [0.1, 0.15) is 18.1 Å². The predicted octanol–water partition coefficient (Wildman–Crippen LogP) is 8.17. The largest absolute Gasteiger partial charge is 0.475 e. The molecular formula is C19H12Br2F8O2. The van der Waals surface area contributed by atoms with Crippen LogP contribution in [0.4, 0.5) is 35.1 Å². The molecule has 0 fully saturated rings. The fourth-order valence-corrected chi connectivity index (χ4v) is 2.32. The van der Waals surface area contributed by atoms with Gasteiger partial charge >= 0.3 is 21.9 Å². The fraction of sp³-hybridized carbons (Fsp3) is 0.263. The molecule has 0 amide bonds. The Hall–Kier alpha value is -1.82. The molecule has 2 aromatic rings. The number of rotatable bonds is 8. The third-order valence-corrected chi connectivity index (χ3v) is 4.65. The van der Waals surface area contributed by atoms with Crippen LogP contribution in [-0.2, 0) is 0 Å². The van der Waals surface area contributed by atoms with Gasteiger partial charge in [0.15, 0.2) is 0 Å². The molecule has 0 aliphatic rings.